The fraction of sp³-hybridized carbons (Fsp3) is 0.233. The quantitative estimate of drug-likeness (QED) is 0.334. The molecule has 0 atom stereocenters. The highest BCUT2D eigenvalue weighted by atomic mass is 16.5. The van der Waals surface area contributed by atoms with Crippen LogP contribution < -0.4 is 20.1 Å². The van der Waals surface area contributed by atoms with E-state index in [2.05, 4.69) is 10.6 Å². The molecule has 0 spiro atoms. The maximum atomic E-state index is 13.1. The summed E-state index contributed by atoms with van der Waals surface area (Å²) in [5.41, 5.74) is 2.86. The number of para-hydroxylation sites is 1. The van der Waals surface area contributed by atoms with Gasteiger partial charge < -0.3 is 20.1 Å². The highest BCUT2D eigenvalue weighted by Gasteiger charge is 2.24. The van der Waals surface area contributed by atoms with Crippen LogP contribution in [0, 0.1) is 0 Å². The van der Waals surface area contributed by atoms with E-state index in [9.17, 15) is 14.4 Å². The van der Waals surface area contributed by atoms with Gasteiger partial charge in [0.25, 0.3) is 11.8 Å². The molecule has 2 amide bonds. The van der Waals surface area contributed by atoms with Crippen molar-refractivity contribution in [3.05, 3.63) is 89.6 Å². The molecular weight excluding hydrogens is 482 g/mol. The van der Waals surface area contributed by atoms with Crippen LogP contribution in [0.3, 0.4) is 0 Å². The molecule has 0 aliphatic heterocycles. The number of carbonyl (C=O) groups excluding carboxylic acids is 3. The summed E-state index contributed by atoms with van der Waals surface area (Å²) in [5.74, 6) is 0.361. The Morgan fingerprint density at radius 2 is 1.55 bits per heavy atom. The van der Waals surface area contributed by atoms with Gasteiger partial charge in [-0.15, -0.1) is 0 Å². The van der Waals surface area contributed by atoms with Crippen LogP contribution in [0.25, 0.3) is 10.9 Å². The molecule has 0 saturated heterocycles. The van der Waals surface area contributed by atoms with Crippen molar-refractivity contribution in [2.24, 2.45) is 0 Å². The molecule has 0 fully saturated rings. The molecule has 0 radical (unpaired) electrons. The van der Waals surface area contributed by atoms with Gasteiger partial charge in [0, 0.05) is 41.7 Å². The lowest BCUT2D eigenvalue weighted by Crippen LogP contribution is -2.36. The molecule has 8 heteroatoms. The number of hydrogen-bond donors (Lipinski definition) is 2. The van der Waals surface area contributed by atoms with Gasteiger partial charge in [0.15, 0.2) is 11.5 Å². The lowest BCUT2D eigenvalue weighted by atomic mass is 9.84. The van der Waals surface area contributed by atoms with E-state index in [0.29, 0.717) is 40.4 Å². The molecule has 1 heterocycles. The lowest BCUT2D eigenvalue weighted by molar-refractivity contribution is 0.0940. The summed E-state index contributed by atoms with van der Waals surface area (Å²) in [7, 11) is 3.06. The SMILES string of the molecule is COc1ccc(C(=O)Nc2ccc(C(C)(C)CNC(=O)c3cn(C(C)=O)c4ccccc34)cc2)cc1OC. The van der Waals surface area contributed by atoms with Crippen LogP contribution in [0.1, 0.15) is 51.8 Å². The van der Waals surface area contributed by atoms with E-state index in [0.717, 1.165) is 10.9 Å². The second-order valence-corrected chi connectivity index (χ2v) is 9.62. The second kappa shape index (κ2) is 10.8. The first-order chi connectivity index (χ1) is 18.1. The van der Waals surface area contributed by atoms with Gasteiger partial charge in [-0.3, -0.25) is 19.0 Å². The summed E-state index contributed by atoms with van der Waals surface area (Å²) in [6.45, 7) is 5.91. The molecule has 0 saturated carbocycles. The molecule has 1 aromatic heterocycles. The van der Waals surface area contributed by atoms with Gasteiger partial charge in [-0.2, -0.15) is 0 Å². The van der Waals surface area contributed by atoms with Crippen LogP contribution in [0.4, 0.5) is 5.69 Å². The van der Waals surface area contributed by atoms with E-state index in [1.807, 2.05) is 62.4 Å². The maximum Gasteiger partial charge on any atom is 0.255 e. The smallest absolute Gasteiger partial charge is 0.255 e. The first-order valence-electron chi connectivity index (χ1n) is 12.2. The monoisotopic (exact) mass is 513 g/mol. The van der Waals surface area contributed by atoms with Gasteiger partial charge in [-0.1, -0.05) is 44.2 Å². The summed E-state index contributed by atoms with van der Waals surface area (Å²) in [5, 5.41) is 6.64. The molecule has 4 aromatic rings. The van der Waals surface area contributed by atoms with Crippen LogP contribution >= 0.6 is 0 Å². The summed E-state index contributed by atoms with van der Waals surface area (Å²) >= 11 is 0. The normalized spacial score (nSPS) is 11.2. The number of nitrogens with zero attached hydrogens (tertiary/aromatic N) is 1. The molecule has 8 nitrogen and oxygen atoms in total. The van der Waals surface area contributed by atoms with Crippen LogP contribution in [0.15, 0.2) is 72.9 Å². The summed E-state index contributed by atoms with van der Waals surface area (Å²) < 4.78 is 12.0. The van der Waals surface area contributed by atoms with Crippen LogP contribution in [-0.2, 0) is 5.41 Å². The van der Waals surface area contributed by atoms with Crippen molar-refractivity contribution >= 4 is 34.3 Å². The maximum absolute atomic E-state index is 13.1. The van der Waals surface area contributed by atoms with Crippen molar-refractivity contribution in [1.29, 1.82) is 0 Å². The van der Waals surface area contributed by atoms with E-state index < -0.39 is 0 Å². The highest BCUT2D eigenvalue weighted by Crippen LogP contribution is 2.29. The number of methoxy groups -OCH3 is 2. The fourth-order valence-electron chi connectivity index (χ4n) is 4.31. The van der Waals surface area contributed by atoms with E-state index in [4.69, 9.17) is 9.47 Å². The van der Waals surface area contributed by atoms with Crippen molar-refractivity contribution < 1.29 is 23.9 Å². The average Bonchev–Trinajstić information content (AvgIpc) is 3.32. The summed E-state index contributed by atoms with van der Waals surface area (Å²) in [4.78, 5) is 37.8. The average molecular weight is 514 g/mol. The van der Waals surface area contributed by atoms with Crippen molar-refractivity contribution in [3.8, 4) is 11.5 Å². The molecule has 0 aliphatic rings. The number of carbonyl (C=O) groups is 3. The number of rotatable bonds is 8. The van der Waals surface area contributed by atoms with Crippen molar-refractivity contribution in [1.82, 2.24) is 9.88 Å². The second-order valence-electron chi connectivity index (χ2n) is 9.62. The lowest BCUT2D eigenvalue weighted by Gasteiger charge is -2.26. The molecule has 0 aliphatic carbocycles. The van der Waals surface area contributed by atoms with Crippen molar-refractivity contribution in [3.63, 3.8) is 0 Å². The van der Waals surface area contributed by atoms with Crippen molar-refractivity contribution in [2.75, 3.05) is 26.1 Å². The largest absolute Gasteiger partial charge is 0.493 e. The third-order valence-corrected chi connectivity index (χ3v) is 6.56. The Kier molecular flexibility index (Phi) is 7.52. The predicted molar refractivity (Wildman–Crippen MR) is 148 cm³/mol. The third kappa shape index (κ3) is 5.39. The van der Waals surface area contributed by atoms with Gasteiger partial charge in [0.05, 0.1) is 25.3 Å². The Hall–Kier alpha value is -4.59. The molecule has 0 unspecified atom stereocenters. The molecule has 196 valence electrons. The molecule has 0 bridgehead atoms. The van der Waals surface area contributed by atoms with Gasteiger partial charge in [-0.25, -0.2) is 0 Å². The molecule has 4 rings (SSSR count). The number of benzene rings is 3. The van der Waals surface area contributed by atoms with E-state index in [1.165, 1.54) is 18.6 Å². The predicted octanol–water partition coefficient (Wildman–Crippen LogP) is 5.28. The van der Waals surface area contributed by atoms with Gasteiger partial charge in [0.2, 0.25) is 5.91 Å². The topological polar surface area (TPSA) is 98.7 Å². The van der Waals surface area contributed by atoms with Crippen molar-refractivity contribution in [2.45, 2.75) is 26.2 Å². The molecule has 2 N–H and O–H groups in total. The first kappa shape index (κ1) is 26.5. The minimum Gasteiger partial charge on any atom is -0.493 e. The standard InChI is InChI=1S/C30H31N3O5/c1-19(34)33-17-24(23-8-6-7-9-25(23)33)29(36)31-18-30(2,3)21-11-13-22(14-12-21)32-28(35)20-10-15-26(37-4)27(16-20)38-5/h6-17H,18H2,1-5H3,(H,31,36)(H,32,35). The fourth-order valence-corrected chi connectivity index (χ4v) is 4.31. The minimum absolute atomic E-state index is 0.154. The zero-order valence-corrected chi connectivity index (χ0v) is 22.1. The van der Waals surface area contributed by atoms with Gasteiger partial charge >= 0.3 is 0 Å². The minimum atomic E-state index is -0.388. The molecule has 38 heavy (non-hydrogen) atoms. The number of nitrogens with one attached hydrogen (secondary N) is 2. The number of fused-ring (bicyclic) bond motifs is 1. The number of anilines is 1. The Morgan fingerprint density at radius 1 is 0.868 bits per heavy atom. The number of amides is 2. The Bertz CT molecular complexity index is 1500. The summed E-state index contributed by atoms with van der Waals surface area (Å²) in [6, 6.07) is 19.8. The first-order valence-corrected chi connectivity index (χ1v) is 12.2. The highest BCUT2D eigenvalue weighted by molar-refractivity contribution is 6.09. The number of ether oxygens (including phenoxy) is 2. The van der Waals surface area contributed by atoms with Gasteiger partial charge in [0.1, 0.15) is 0 Å². The molecular formula is C30H31N3O5. The zero-order chi connectivity index (χ0) is 27.4. The Morgan fingerprint density at radius 3 is 2.21 bits per heavy atom. The summed E-state index contributed by atoms with van der Waals surface area (Å²) in [6.07, 6.45) is 1.59. The van der Waals surface area contributed by atoms with Crippen LogP contribution in [0.5, 0.6) is 11.5 Å². The Balaban J connectivity index is 1.43. The van der Waals surface area contributed by atoms with Gasteiger partial charge in [-0.05, 0) is 42.0 Å². The van der Waals surface area contributed by atoms with Crippen LogP contribution in [-0.4, -0.2) is 43.1 Å². The molecule has 3 aromatic carbocycles. The zero-order valence-electron chi connectivity index (χ0n) is 22.1. The number of hydrogen-bond acceptors (Lipinski definition) is 5. The number of aromatic nitrogens is 1. The Labute approximate surface area is 221 Å². The van der Waals surface area contributed by atoms with Crippen LogP contribution in [0.2, 0.25) is 0 Å². The van der Waals surface area contributed by atoms with E-state index in [1.54, 1.807) is 31.5 Å². The third-order valence-electron chi connectivity index (χ3n) is 6.56. The van der Waals surface area contributed by atoms with E-state index >= 15 is 0 Å². The van der Waals surface area contributed by atoms with E-state index in [-0.39, 0.29) is 23.1 Å².